The molecule has 1 N–H and O–H groups in total. The lowest BCUT2D eigenvalue weighted by Gasteiger charge is -2.32. The standard InChI is InChI=1S/C14H20N2O2S/c1-15-11-3-2-5-16(8-11)14(17)13-7-10-9-18-6-4-12(10)19-13/h7,11,15H,2-6,8-9H2,1H3. The summed E-state index contributed by atoms with van der Waals surface area (Å²) in [7, 11) is 1.97. The average Bonchev–Trinajstić information content (AvgIpc) is 2.90. The van der Waals surface area contributed by atoms with Crippen LogP contribution < -0.4 is 5.32 Å². The predicted octanol–water partition coefficient (Wildman–Crippen LogP) is 1.64. The molecule has 4 nitrogen and oxygen atoms in total. The summed E-state index contributed by atoms with van der Waals surface area (Å²) < 4.78 is 5.44. The average molecular weight is 280 g/mol. The fourth-order valence-corrected chi connectivity index (χ4v) is 3.92. The van der Waals surface area contributed by atoms with Crippen molar-refractivity contribution < 1.29 is 9.53 Å². The smallest absolute Gasteiger partial charge is 0.263 e. The lowest BCUT2D eigenvalue weighted by molar-refractivity contribution is 0.0703. The molecule has 0 radical (unpaired) electrons. The molecule has 1 amide bonds. The molecule has 0 aromatic carbocycles. The molecule has 1 atom stereocenters. The number of likely N-dealkylation sites (N-methyl/N-ethyl adjacent to an activating group) is 1. The Morgan fingerprint density at radius 2 is 2.47 bits per heavy atom. The first-order chi connectivity index (χ1) is 9.28. The van der Waals surface area contributed by atoms with Gasteiger partial charge in [0.2, 0.25) is 0 Å². The van der Waals surface area contributed by atoms with E-state index in [9.17, 15) is 4.79 Å². The third-order valence-corrected chi connectivity index (χ3v) is 5.18. The number of hydrogen-bond acceptors (Lipinski definition) is 4. The molecule has 0 aliphatic carbocycles. The van der Waals surface area contributed by atoms with Crippen LogP contribution in [0.1, 0.15) is 33.0 Å². The van der Waals surface area contributed by atoms with E-state index < -0.39 is 0 Å². The number of thiophene rings is 1. The van der Waals surface area contributed by atoms with E-state index in [0.717, 1.165) is 43.8 Å². The maximum absolute atomic E-state index is 12.5. The van der Waals surface area contributed by atoms with Gasteiger partial charge in [-0.3, -0.25) is 4.79 Å². The summed E-state index contributed by atoms with van der Waals surface area (Å²) >= 11 is 1.65. The molecule has 1 fully saturated rings. The number of carbonyl (C=O) groups is 1. The lowest BCUT2D eigenvalue weighted by atomic mass is 10.1. The fourth-order valence-electron chi connectivity index (χ4n) is 2.81. The normalized spacial score (nSPS) is 23.2. The van der Waals surface area contributed by atoms with Gasteiger partial charge in [0.05, 0.1) is 18.1 Å². The zero-order valence-corrected chi connectivity index (χ0v) is 12.1. The van der Waals surface area contributed by atoms with Gasteiger partial charge in [-0.05, 0) is 31.5 Å². The first-order valence-corrected chi connectivity index (χ1v) is 7.75. The molecule has 1 aromatic rings. The Morgan fingerprint density at radius 1 is 1.58 bits per heavy atom. The molecule has 1 saturated heterocycles. The van der Waals surface area contributed by atoms with Crippen LogP contribution in [0.3, 0.4) is 0 Å². The zero-order chi connectivity index (χ0) is 13.2. The number of carbonyl (C=O) groups excluding carboxylic acids is 1. The van der Waals surface area contributed by atoms with Gasteiger partial charge in [0.25, 0.3) is 5.91 Å². The van der Waals surface area contributed by atoms with Gasteiger partial charge < -0.3 is 15.0 Å². The minimum absolute atomic E-state index is 0.194. The molecule has 0 spiro atoms. The summed E-state index contributed by atoms with van der Waals surface area (Å²) in [6, 6.07) is 2.47. The summed E-state index contributed by atoms with van der Waals surface area (Å²) in [4.78, 5) is 16.7. The van der Waals surface area contributed by atoms with E-state index in [4.69, 9.17) is 4.74 Å². The minimum Gasteiger partial charge on any atom is -0.376 e. The van der Waals surface area contributed by atoms with Crippen LogP contribution in [0.4, 0.5) is 0 Å². The number of piperidine rings is 1. The van der Waals surface area contributed by atoms with Crippen LogP contribution in [0.2, 0.25) is 0 Å². The van der Waals surface area contributed by atoms with Gasteiger partial charge in [0.15, 0.2) is 0 Å². The highest BCUT2D eigenvalue weighted by Crippen LogP contribution is 2.28. The summed E-state index contributed by atoms with van der Waals surface area (Å²) in [6.07, 6.45) is 3.20. The van der Waals surface area contributed by atoms with Crippen molar-refractivity contribution in [2.45, 2.75) is 31.9 Å². The molecular formula is C14H20N2O2S. The van der Waals surface area contributed by atoms with Gasteiger partial charge >= 0.3 is 0 Å². The second-order valence-corrected chi connectivity index (χ2v) is 6.38. The van der Waals surface area contributed by atoms with Crippen LogP contribution in [0.15, 0.2) is 6.07 Å². The van der Waals surface area contributed by atoms with Crippen LogP contribution in [0.5, 0.6) is 0 Å². The Balaban J connectivity index is 1.74. The number of rotatable bonds is 2. The quantitative estimate of drug-likeness (QED) is 0.895. The van der Waals surface area contributed by atoms with Crippen molar-refractivity contribution in [2.24, 2.45) is 0 Å². The highest BCUT2D eigenvalue weighted by molar-refractivity contribution is 7.14. The molecule has 2 aliphatic rings. The van der Waals surface area contributed by atoms with Gasteiger partial charge in [-0.25, -0.2) is 0 Å². The van der Waals surface area contributed by atoms with Crippen LogP contribution in [0.25, 0.3) is 0 Å². The monoisotopic (exact) mass is 280 g/mol. The van der Waals surface area contributed by atoms with Crippen molar-refractivity contribution in [3.8, 4) is 0 Å². The fraction of sp³-hybridized carbons (Fsp3) is 0.643. The molecule has 1 unspecified atom stereocenters. The van der Waals surface area contributed by atoms with Crippen LogP contribution in [0, 0.1) is 0 Å². The van der Waals surface area contributed by atoms with Gasteiger partial charge in [0.1, 0.15) is 0 Å². The van der Waals surface area contributed by atoms with E-state index in [1.165, 1.54) is 10.4 Å². The molecule has 0 saturated carbocycles. The van der Waals surface area contributed by atoms with Crippen molar-refractivity contribution in [2.75, 3.05) is 26.7 Å². The van der Waals surface area contributed by atoms with E-state index in [1.54, 1.807) is 11.3 Å². The second kappa shape index (κ2) is 5.61. The number of fused-ring (bicyclic) bond motifs is 1. The maximum atomic E-state index is 12.5. The Labute approximate surface area is 117 Å². The number of likely N-dealkylation sites (tertiary alicyclic amines) is 1. The number of nitrogens with one attached hydrogen (secondary N) is 1. The van der Waals surface area contributed by atoms with Crippen LogP contribution >= 0.6 is 11.3 Å². The molecule has 1 aromatic heterocycles. The molecule has 0 bridgehead atoms. The highest BCUT2D eigenvalue weighted by Gasteiger charge is 2.26. The number of nitrogens with zero attached hydrogens (tertiary/aromatic N) is 1. The second-order valence-electron chi connectivity index (χ2n) is 5.24. The first-order valence-electron chi connectivity index (χ1n) is 6.94. The third-order valence-electron chi connectivity index (χ3n) is 3.96. The Morgan fingerprint density at radius 3 is 3.26 bits per heavy atom. The maximum Gasteiger partial charge on any atom is 0.263 e. The van der Waals surface area contributed by atoms with Crippen molar-refractivity contribution in [1.29, 1.82) is 0 Å². The molecule has 5 heteroatoms. The van der Waals surface area contributed by atoms with Crippen LogP contribution in [-0.4, -0.2) is 43.6 Å². The molecular weight excluding hydrogens is 260 g/mol. The van der Waals surface area contributed by atoms with Crippen LogP contribution in [-0.2, 0) is 17.8 Å². The molecule has 104 valence electrons. The number of hydrogen-bond donors (Lipinski definition) is 1. The van der Waals surface area contributed by atoms with Gasteiger partial charge in [-0.1, -0.05) is 0 Å². The Bertz CT molecular complexity index is 449. The van der Waals surface area contributed by atoms with Crippen molar-refractivity contribution >= 4 is 17.2 Å². The third kappa shape index (κ3) is 2.68. The molecule has 3 heterocycles. The van der Waals surface area contributed by atoms with E-state index in [1.807, 2.05) is 18.0 Å². The summed E-state index contributed by atoms with van der Waals surface area (Å²) in [5, 5.41) is 3.28. The van der Waals surface area contributed by atoms with E-state index in [2.05, 4.69) is 5.32 Å². The summed E-state index contributed by atoms with van der Waals surface area (Å²) in [5.74, 6) is 0.194. The largest absolute Gasteiger partial charge is 0.376 e. The molecule has 3 rings (SSSR count). The van der Waals surface area contributed by atoms with E-state index in [0.29, 0.717) is 12.6 Å². The van der Waals surface area contributed by atoms with Crippen molar-refractivity contribution in [1.82, 2.24) is 10.2 Å². The molecule has 19 heavy (non-hydrogen) atoms. The molecule has 2 aliphatic heterocycles. The van der Waals surface area contributed by atoms with Gasteiger partial charge in [0, 0.05) is 30.4 Å². The first kappa shape index (κ1) is 13.1. The Hall–Kier alpha value is -0.910. The topological polar surface area (TPSA) is 41.6 Å². The van der Waals surface area contributed by atoms with Crippen molar-refractivity contribution in [3.05, 3.63) is 21.4 Å². The summed E-state index contributed by atoms with van der Waals surface area (Å²) in [6.45, 7) is 3.16. The van der Waals surface area contributed by atoms with E-state index >= 15 is 0 Å². The van der Waals surface area contributed by atoms with Gasteiger partial charge in [-0.15, -0.1) is 11.3 Å². The number of ether oxygens (including phenoxy) is 1. The van der Waals surface area contributed by atoms with Gasteiger partial charge in [-0.2, -0.15) is 0 Å². The Kier molecular flexibility index (Phi) is 3.86. The summed E-state index contributed by atoms with van der Waals surface area (Å²) in [5.41, 5.74) is 1.21. The SMILES string of the molecule is CNC1CCCN(C(=O)c2cc3c(s2)CCOC3)C1. The minimum atomic E-state index is 0.194. The predicted molar refractivity (Wildman–Crippen MR) is 75.7 cm³/mol. The van der Waals surface area contributed by atoms with Crippen molar-refractivity contribution in [3.63, 3.8) is 0 Å². The lowest BCUT2D eigenvalue weighted by Crippen LogP contribution is -2.46. The zero-order valence-electron chi connectivity index (χ0n) is 11.3. The van der Waals surface area contributed by atoms with E-state index in [-0.39, 0.29) is 5.91 Å². The highest BCUT2D eigenvalue weighted by atomic mass is 32.1. The number of amides is 1.